The molecule has 198 valence electrons. The van der Waals surface area contributed by atoms with Gasteiger partial charge >= 0.3 is 0 Å². The standard InChI is InChI=1S/C29H25ClN4O5/c1-38-24-14-19(13-21(30)26(24)39-16-18-8-3-2-7-17(18)15-31)25-23-11-6-12-33(23)29(27(25)34(36)37)20-9-4-5-10-22(20)32-28(29)35/h2-5,7-10,13-14,23,25,27H,6,11-12,16H2,1H3,(H,32,35)/t23-,25+,27+,29+/m0/s1. The number of nitrogens with zero attached hydrogens (tertiary/aromatic N) is 3. The molecule has 0 radical (unpaired) electrons. The highest BCUT2D eigenvalue weighted by atomic mass is 35.5. The maximum atomic E-state index is 13.7. The van der Waals surface area contributed by atoms with Gasteiger partial charge in [0.15, 0.2) is 17.0 Å². The van der Waals surface area contributed by atoms with Crippen molar-refractivity contribution in [3.8, 4) is 17.6 Å². The summed E-state index contributed by atoms with van der Waals surface area (Å²) < 4.78 is 11.6. The fraction of sp³-hybridized carbons (Fsp3) is 0.310. The predicted molar refractivity (Wildman–Crippen MR) is 143 cm³/mol. The second-order valence-electron chi connectivity index (χ2n) is 10.0. The van der Waals surface area contributed by atoms with Crippen molar-refractivity contribution in [2.45, 2.75) is 43.0 Å². The molecule has 3 heterocycles. The molecule has 9 nitrogen and oxygen atoms in total. The summed E-state index contributed by atoms with van der Waals surface area (Å²) in [6.07, 6.45) is 1.54. The lowest BCUT2D eigenvalue weighted by Gasteiger charge is -2.32. The lowest BCUT2D eigenvalue weighted by atomic mass is 9.77. The Labute approximate surface area is 230 Å². The first-order valence-electron chi connectivity index (χ1n) is 12.7. The molecule has 10 heteroatoms. The zero-order chi connectivity index (χ0) is 27.3. The number of nitriles is 1. The van der Waals surface area contributed by atoms with E-state index in [9.17, 15) is 20.2 Å². The molecule has 0 aromatic heterocycles. The Kier molecular flexibility index (Phi) is 6.17. The Balaban J connectivity index is 1.43. The molecule has 0 saturated carbocycles. The van der Waals surface area contributed by atoms with E-state index in [0.29, 0.717) is 40.2 Å². The van der Waals surface area contributed by atoms with E-state index in [1.807, 2.05) is 29.2 Å². The number of nitrogens with one attached hydrogen (secondary N) is 1. The summed E-state index contributed by atoms with van der Waals surface area (Å²) in [7, 11) is 1.48. The van der Waals surface area contributed by atoms with Gasteiger partial charge in [-0.05, 0) is 42.7 Å². The topological polar surface area (TPSA) is 118 Å². The molecule has 1 N–H and O–H groups in total. The quantitative estimate of drug-likeness (QED) is 0.348. The second kappa shape index (κ2) is 9.56. The minimum absolute atomic E-state index is 0.0938. The monoisotopic (exact) mass is 544 g/mol. The molecular weight excluding hydrogens is 520 g/mol. The molecule has 3 aliphatic heterocycles. The predicted octanol–water partition coefficient (Wildman–Crippen LogP) is 4.85. The van der Waals surface area contributed by atoms with Gasteiger partial charge < -0.3 is 14.8 Å². The average Bonchev–Trinajstić information content (AvgIpc) is 3.60. The highest BCUT2D eigenvalue weighted by Gasteiger charge is 2.73. The van der Waals surface area contributed by atoms with Crippen LogP contribution in [0, 0.1) is 21.4 Å². The van der Waals surface area contributed by atoms with Crippen molar-refractivity contribution in [3.63, 3.8) is 0 Å². The van der Waals surface area contributed by atoms with Crippen molar-refractivity contribution in [2.24, 2.45) is 0 Å². The van der Waals surface area contributed by atoms with E-state index in [1.165, 1.54) is 7.11 Å². The number of hydrogen-bond acceptors (Lipinski definition) is 7. The Morgan fingerprint density at radius 1 is 1.23 bits per heavy atom. The van der Waals surface area contributed by atoms with Gasteiger partial charge in [-0.15, -0.1) is 0 Å². The third-order valence-corrected chi connectivity index (χ3v) is 8.52. The van der Waals surface area contributed by atoms with Crippen molar-refractivity contribution in [2.75, 3.05) is 19.0 Å². The van der Waals surface area contributed by atoms with Crippen LogP contribution in [0.3, 0.4) is 0 Å². The molecule has 0 aliphatic carbocycles. The summed E-state index contributed by atoms with van der Waals surface area (Å²) in [4.78, 5) is 28.2. The third-order valence-electron chi connectivity index (χ3n) is 8.24. The van der Waals surface area contributed by atoms with Crippen molar-refractivity contribution >= 4 is 23.2 Å². The summed E-state index contributed by atoms with van der Waals surface area (Å²) in [5, 5.41) is 25.4. The lowest BCUT2D eigenvalue weighted by Crippen LogP contribution is -2.55. The van der Waals surface area contributed by atoms with Gasteiger partial charge in [0.1, 0.15) is 6.61 Å². The van der Waals surface area contributed by atoms with Crippen LogP contribution in [-0.2, 0) is 16.9 Å². The molecule has 3 aromatic rings. The highest BCUT2D eigenvalue weighted by Crippen LogP contribution is 2.58. The smallest absolute Gasteiger partial charge is 0.256 e. The number of amides is 1. The van der Waals surface area contributed by atoms with Gasteiger partial charge in [-0.25, -0.2) is 0 Å². The fourth-order valence-electron chi connectivity index (χ4n) is 6.75. The van der Waals surface area contributed by atoms with Crippen LogP contribution in [0.5, 0.6) is 11.5 Å². The van der Waals surface area contributed by atoms with Gasteiger partial charge in [-0.1, -0.05) is 48.0 Å². The largest absolute Gasteiger partial charge is 0.493 e. The van der Waals surface area contributed by atoms with Gasteiger partial charge in [0.2, 0.25) is 0 Å². The lowest BCUT2D eigenvalue weighted by molar-refractivity contribution is -0.534. The number of carbonyl (C=O) groups excluding carboxylic acids is 1. The molecule has 0 unspecified atom stereocenters. The first kappa shape index (κ1) is 25.2. The first-order chi connectivity index (χ1) is 18.9. The van der Waals surface area contributed by atoms with Gasteiger partial charge in [-0.3, -0.25) is 19.8 Å². The van der Waals surface area contributed by atoms with Crippen LogP contribution < -0.4 is 14.8 Å². The number of para-hydroxylation sites is 1. The Morgan fingerprint density at radius 3 is 2.77 bits per heavy atom. The number of rotatable bonds is 6. The van der Waals surface area contributed by atoms with Crippen molar-refractivity contribution in [1.29, 1.82) is 5.26 Å². The normalized spacial score (nSPS) is 25.2. The molecule has 2 fully saturated rings. The van der Waals surface area contributed by atoms with Crippen LogP contribution in [0.2, 0.25) is 5.02 Å². The SMILES string of the molecule is COc1cc([C@@H]2[C@@H]3CCCN3[C@@]3(C(=O)Nc4ccccc43)[C@@H]2[N+](=O)[O-])cc(Cl)c1OCc1ccccc1C#N. The summed E-state index contributed by atoms with van der Waals surface area (Å²) in [6, 6.07) is 18.4. The molecule has 2 saturated heterocycles. The van der Waals surface area contributed by atoms with Crippen LogP contribution in [0.25, 0.3) is 0 Å². The van der Waals surface area contributed by atoms with Crippen LogP contribution in [0.1, 0.15) is 41.0 Å². The number of nitro groups is 1. The maximum Gasteiger partial charge on any atom is 0.256 e. The van der Waals surface area contributed by atoms with Crippen LogP contribution in [-0.4, -0.2) is 41.5 Å². The van der Waals surface area contributed by atoms with E-state index in [0.717, 1.165) is 12.8 Å². The van der Waals surface area contributed by atoms with Gasteiger partial charge in [0.25, 0.3) is 11.9 Å². The van der Waals surface area contributed by atoms with Crippen molar-refractivity contribution < 1.29 is 19.2 Å². The average molecular weight is 545 g/mol. The molecule has 0 bridgehead atoms. The van der Waals surface area contributed by atoms with Gasteiger partial charge in [0, 0.05) is 34.3 Å². The van der Waals surface area contributed by atoms with Gasteiger partial charge in [-0.2, -0.15) is 5.26 Å². The summed E-state index contributed by atoms with van der Waals surface area (Å²) in [5.41, 5.74) is 1.64. The number of halogens is 1. The number of fused-ring (bicyclic) bond motifs is 4. The van der Waals surface area contributed by atoms with E-state index in [4.69, 9.17) is 21.1 Å². The molecule has 6 rings (SSSR count). The Hall–Kier alpha value is -4.13. The maximum absolute atomic E-state index is 13.7. The van der Waals surface area contributed by atoms with Crippen molar-refractivity contribution in [1.82, 2.24) is 4.90 Å². The summed E-state index contributed by atoms with van der Waals surface area (Å²) in [6.45, 7) is 0.675. The summed E-state index contributed by atoms with van der Waals surface area (Å²) >= 11 is 6.73. The van der Waals surface area contributed by atoms with E-state index in [2.05, 4.69) is 11.4 Å². The van der Waals surface area contributed by atoms with Crippen molar-refractivity contribution in [3.05, 3.63) is 98.1 Å². The Morgan fingerprint density at radius 2 is 2.00 bits per heavy atom. The van der Waals surface area contributed by atoms with Crippen LogP contribution >= 0.6 is 11.6 Å². The Bertz CT molecular complexity index is 1540. The molecular formula is C29H25ClN4O5. The highest BCUT2D eigenvalue weighted by molar-refractivity contribution is 6.32. The number of carbonyl (C=O) groups is 1. The molecule has 1 amide bonds. The van der Waals surface area contributed by atoms with E-state index < -0.39 is 17.5 Å². The number of ether oxygens (including phenoxy) is 2. The fourth-order valence-corrected chi connectivity index (χ4v) is 7.03. The number of benzene rings is 3. The zero-order valence-electron chi connectivity index (χ0n) is 21.1. The van der Waals surface area contributed by atoms with E-state index >= 15 is 0 Å². The van der Waals surface area contributed by atoms with Gasteiger partial charge in [0.05, 0.1) is 29.7 Å². The van der Waals surface area contributed by atoms with Crippen LogP contribution in [0.4, 0.5) is 5.69 Å². The number of methoxy groups -OCH3 is 1. The number of hydrogen-bond donors (Lipinski definition) is 1. The minimum atomic E-state index is -1.41. The molecule has 3 aromatic carbocycles. The third kappa shape index (κ3) is 3.67. The number of anilines is 1. The first-order valence-corrected chi connectivity index (χ1v) is 13.1. The van der Waals surface area contributed by atoms with E-state index in [-0.39, 0.29) is 34.3 Å². The molecule has 39 heavy (non-hydrogen) atoms. The van der Waals surface area contributed by atoms with Crippen LogP contribution in [0.15, 0.2) is 60.7 Å². The van der Waals surface area contributed by atoms with E-state index in [1.54, 1.807) is 36.4 Å². The molecule has 3 aliphatic rings. The minimum Gasteiger partial charge on any atom is -0.493 e. The molecule has 4 atom stereocenters. The second-order valence-corrected chi connectivity index (χ2v) is 10.4. The zero-order valence-corrected chi connectivity index (χ0v) is 21.9. The summed E-state index contributed by atoms with van der Waals surface area (Å²) in [5.74, 6) is -0.364. The molecule has 1 spiro atoms.